The van der Waals surface area contributed by atoms with E-state index in [0.717, 1.165) is 12.8 Å². The van der Waals surface area contributed by atoms with E-state index in [1.807, 2.05) is 13.8 Å². The Hall–Kier alpha value is -0.880. The predicted octanol–water partition coefficient (Wildman–Crippen LogP) is 2.32. The van der Waals surface area contributed by atoms with Crippen LogP contribution in [0.1, 0.15) is 58.2 Å². The third-order valence-corrected chi connectivity index (χ3v) is 5.97. The summed E-state index contributed by atoms with van der Waals surface area (Å²) in [6, 6.07) is 1.95. The summed E-state index contributed by atoms with van der Waals surface area (Å²) < 4.78 is 26.4. The fourth-order valence-corrected chi connectivity index (χ4v) is 4.69. The lowest BCUT2D eigenvalue weighted by molar-refractivity contribution is 0.0135. The van der Waals surface area contributed by atoms with Gasteiger partial charge in [-0.2, -0.15) is 5.10 Å². The summed E-state index contributed by atoms with van der Waals surface area (Å²) >= 11 is 0. The molecule has 0 saturated heterocycles. The van der Waals surface area contributed by atoms with Crippen LogP contribution in [0.3, 0.4) is 0 Å². The minimum Gasteiger partial charge on any atom is -0.389 e. The molecular weight excluding hydrogens is 288 g/mol. The first-order chi connectivity index (χ1) is 9.69. The lowest BCUT2D eigenvalue weighted by atomic mass is 9.81. The Bertz CT molecular complexity index is 569. The van der Waals surface area contributed by atoms with E-state index in [4.69, 9.17) is 0 Å². The van der Waals surface area contributed by atoms with Gasteiger partial charge in [-0.25, -0.2) is 8.42 Å². The summed E-state index contributed by atoms with van der Waals surface area (Å²) in [5.74, 6) is 0.334. The number of sulfone groups is 1. The van der Waals surface area contributed by atoms with Crippen molar-refractivity contribution in [2.24, 2.45) is 5.92 Å². The van der Waals surface area contributed by atoms with Gasteiger partial charge in [-0.15, -0.1) is 0 Å². The quantitative estimate of drug-likeness (QED) is 0.905. The molecule has 0 amide bonds. The van der Waals surface area contributed by atoms with Gasteiger partial charge in [0.2, 0.25) is 0 Å². The molecule has 1 heterocycles. The molecule has 1 saturated carbocycles. The third-order valence-electron chi connectivity index (χ3n) is 4.25. The zero-order valence-corrected chi connectivity index (χ0v) is 13.9. The van der Waals surface area contributed by atoms with Crippen molar-refractivity contribution < 1.29 is 13.5 Å². The van der Waals surface area contributed by atoms with Gasteiger partial charge in [0.1, 0.15) is 0 Å². The van der Waals surface area contributed by atoms with Crippen LogP contribution in [0.15, 0.2) is 12.3 Å². The summed E-state index contributed by atoms with van der Waals surface area (Å²) in [7, 11) is -3.35. The van der Waals surface area contributed by atoms with Crippen LogP contribution in [-0.4, -0.2) is 34.7 Å². The smallest absolute Gasteiger partial charge is 0.158 e. The molecule has 2 rings (SSSR count). The average Bonchev–Trinajstić information content (AvgIpc) is 2.80. The maximum atomic E-state index is 12.3. The molecule has 1 fully saturated rings. The fourth-order valence-electron chi connectivity index (χ4n) is 2.87. The molecule has 0 spiro atoms. The Labute approximate surface area is 127 Å². The molecule has 0 atom stereocenters. The van der Waals surface area contributed by atoms with Gasteiger partial charge in [-0.3, -0.25) is 4.68 Å². The van der Waals surface area contributed by atoms with Gasteiger partial charge in [0.15, 0.2) is 9.84 Å². The van der Waals surface area contributed by atoms with Gasteiger partial charge in [0.25, 0.3) is 0 Å². The van der Waals surface area contributed by atoms with Crippen LogP contribution in [0.2, 0.25) is 0 Å². The molecule has 21 heavy (non-hydrogen) atoms. The van der Waals surface area contributed by atoms with Crippen molar-refractivity contribution in [2.45, 2.75) is 63.9 Å². The predicted molar refractivity (Wildman–Crippen MR) is 82.7 cm³/mol. The lowest BCUT2D eigenvalue weighted by Gasteiger charge is -2.34. The fraction of sp³-hybridized carbons (Fsp3) is 0.800. The maximum absolute atomic E-state index is 12.3. The highest BCUT2D eigenvalue weighted by atomic mass is 32.2. The molecule has 120 valence electrons. The number of hydrogen-bond donors (Lipinski definition) is 1. The first-order valence-electron chi connectivity index (χ1n) is 7.66. The van der Waals surface area contributed by atoms with Gasteiger partial charge < -0.3 is 5.11 Å². The topological polar surface area (TPSA) is 72.2 Å². The molecular formula is C15H26N2O3S. The van der Waals surface area contributed by atoms with Crippen molar-refractivity contribution in [1.29, 1.82) is 0 Å². The van der Waals surface area contributed by atoms with E-state index < -0.39 is 15.4 Å². The van der Waals surface area contributed by atoms with Crippen molar-refractivity contribution in [1.82, 2.24) is 9.78 Å². The molecule has 6 heteroatoms. The van der Waals surface area contributed by atoms with Crippen LogP contribution in [0.4, 0.5) is 0 Å². The summed E-state index contributed by atoms with van der Waals surface area (Å²) in [6.07, 6.45) is 4.75. The van der Waals surface area contributed by atoms with Crippen LogP contribution in [0.25, 0.3) is 0 Å². The Morgan fingerprint density at radius 1 is 1.43 bits per heavy atom. The molecule has 0 bridgehead atoms. The molecule has 1 aromatic heterocycles. The number of aliphatic hydroxyl groups is 1. The lowest BCUT2D eigenvalue weighted by Crippen LogP contribution is -2.40. The Kier molecular flexibility index (Phi) is 4.78. The second-order valence-corrected chi connectivity index (χ2v) is 8.88. The van der Waals surface area contributed by atoms with Gasteiger partial charge in [-0.1, -0.05) is 6.92 Å². The number of hydrogen-bond acceptors (Lipinski definition) is 4. The van der Waals surface area contributed by atoms with Crippen LogP contribution < -0.4 is 0 Å². The first-order valence-corrected chi connectivity index (χ1v) is 9.48. The summed E-state index contributed by atoms with van der Waals surface area (Å²) in [4.78, 5) is 0. The second-order valence-electron chi connectivity index (χ2n) is 6.82. The second kappa shape index (κ2) is 6.08. The SMILES string of the molecule is CC1CCC(O)(CS(=O)(=O)Cc2ccn(C(C)C)n2)CC1. The van der Waals surface area contributed by atoms with E-state index in [9.17, 15) is 13.5 Å². The van der Waals surface area contributed by atoms with E-state index in [-0.39, 0.29) is 17.5 Å². The highest BCUT2D eigenvalue weighted by Gasteiger charge is 2.36. The Morgan fingerprint density at radius 3 is 2.57 bits per heavy atom. The normalized spacial score (nSPS) is 27.2. The molecule has 1 aliphatic carbocycles. The van der Waals surface area contributed by atoms with Gasteiger partial charge in [0, 0.05) is 12.2 Å². The highest BCUT2D eigenvalue weighted by Crippen LogP contribution is 2.33. The van der Waals surface area contributed by atoms with E-state index in [1.54, 1.807) is 16.9 Å². The number of rotatable bonds is 5. The molecule has 5 nitrogen and oxygen atoms in total. The summed E-state index contributed by atoms with van der Waals surface area (Å²) in [5.41, 5.74) is -0.497. The van der Waals surface area contributed by atoms with E-state index >= 15 is 0 Å². The highest BCUT2D eigenvalue weighted by molar-refractivity contribution is 7.90. The van der Waals surface area contributed by atoms with Crippen LogP contribution >= 0.6 is 0 Å². The van der Waals surface area contributed by atoms with Crippen molar-refractivity contribution in [3.63, 3.8) is 0 Å². The van der Waals surface area contributed by atoms with E-state index in [0.29, 0.717) is 24.5 Å². The van der Waals surface area contributed by atoms with Crippen LogP contribution in [0, 0.1) is 5.92 Å². The van der Waals surface area contributed by atoms with Crippen molar-refractivity contribution >= 4 is 9.84 Å². The zero-order chi connectivity index (χ0) is 15.7. The Balaban J connectivity index is 2.01. The Morgan fingerprint density at radius 2 is 2.05 bits per heavy atom. The van der Waals surface area contributed by atoms with Gasteiger partial charge in [-0.05, 0) is 51.5 Å². The summed E-state index contributed by atoms with van der Waals surface area (Å²) in [6.45, 7) is 6.14. The molecule has 1 N–H and O–H groups in total. The van der Waals surface area contributed by atoms with Crippen molar-refractivity contribution in [2.75, 3.05) is 5.75 Å². The molecule has 1 aliphatic rings. The zero-order valence-electron chi connectivity index (χ0n) is 13.1. The average molecular weight is 314 g/mol. The monoisotopic (exact) mass is 314 g/mol. The first kappa shape index (κ1) is 16.5. The van der Waals surface area contributed by atoms with E-state index in [1.165, 1.54) is 0 Å². The van der Waals surface area contributed by atoms with Crippen molar-refractivity contribution in [3.8, 4) is 0 Å². The largest absolute Gasteiger partial charge is 0.389 e. The van der Waals surface area contributed by atoms with E-state index in [2.05, 4.69) is 12.0 Å². The summed E-state index contributed by atoms with van der Waals surface area (Å²) in [5, 5.41) is 14.8. The van der Waals surface area contributed by atoms with Gasteiger partial charge in [0.05, 0.1) is 22.8 Å². The van der Waals surface area contributed by atoms with Gasteiger partial charge >= 0.3 is 0 Å². The number of nitrogens with zero attached hydrogens (tertiary/aromatic N) is 2. The number of aromatic nitrogens is 2. The van der Waals surface area contributed by atoms with Crippen LogP contribution in [0.5, 0.6) is 0 Å². The minimum atomic E-state index is -3.35. The maximum Gasteiger partial charge on any atom is 0.158 e. The molecule has 1 aromatic rings. The molecule has 0 aliphatic heterocycles. The molecule has 0 unspecified atom stereocenters. The van der Waals surface area contributed by atoms with Crippen LogP contribution in [-0.2, 0) is 15.6 Å². The third kappa shape index (κ3) is 4.54. The molecule has 0 radical (unpaired) electrons. The minimum absolute atomic E-state index is 0.0927. The standard InChI is InChI=1S/C15H26N2O3S/c1-12(2)17-9-6-14(16-17)10-21(19,20)11-15(18)7-4-13(3)5-8-15/h6,9,12-13,18H,4-5,7-8,10-11H2,1-3H3. The molecule has 0 aromatic carbocycles. The van der Waals surface area contributed by atoms with Crippen molar-refractivity contribution in [3.05, 3.63) is 18.0 Å².